The second kappa shape index (κ2) is 8.10. The molecule has 0 aliphatic rings. The van der Waals surface area contributed by atoms with Gasteiger partial charge >= 0.3 is 6.09 Å². The van der Waals surface area contributed by atoms with Crippen molar-refractivity contribution in [3.63, 3.8) is 0 Å². The number of nitrogens with one attached hydrogen (secondary N) is 1. The molecule has 0 unspecified atom stereocenters. The van der Waals surface area contributed by atoms with Crippen molar-refractivity contribution in [2.75, 3.05) is 13.2 Å². The minimum atomic E-state index is -0.634. The molecule has 0 aromatic heterocycles. The molecule has 0 aromatic carbocycles. The first-order valence-electron chi connectivity index (χ1n) is 4.50. The van der Waals surface area contributed by atoms with E-state index in [0.29, 0.717) is 0 Å². The largest absolute Gasteiger partial charge is 0.445 e. The van der Waals surface area contributed by atoms with Gasteiger partial charge in [-0.1, -0.05) is 25.5 Å². The van der Waals surface area contributed by atoms with Crippen LogP contribution in [0, 0.1) is 0 Å². The lowest BCUT2D eigenvalue weighted by Gasteiger charge is -2.01. The van der Waals surface area contributed by atoms with Gasteiger partial charge in [-0.05, 0) is 6.42 Å². The fourth-order valence-electron chi connectivity index (χ4n) is 0.687. The zero-order chi connectivity index (χ0) is 10.8. The van der Waals surface area contributed by atoms with Gasteiger partial charge in [-0.3, -0.25) is 4.79 Å². The summed E-state index contributed by atoms with van der Waals surface area (Å²) in [5, 5.41) is 2.20. The topological polar surface area (TPSA) is 81.4 Å². The van der Waals surface area contributed by atoms with E-state index in [0.717, 1.165) is 12.8 Å². The van der Waals surface area contributed by atoms with E-state index in [9.17, 15) is 9.59 Å². The molecule has 0 rings (SSSR count). The SMILES string of the molecule is CCC/C=C/COC(=O)NCC(N)=O. The number of ether oxygens (including phenoxy) is 1. The third-order valence-corrected chi connectivity index (χ3v) is 1.34. The van der Waals surface area contributed by atoms with Crippen LogP contribution in [0.15, 0.2) is 12.2 Å². The average Bonchev–Trinajstić information content (AvgIpc) is 2.14. The Kier molecular flexibility index (Phi) is 7.22. The molecule has 0 spiro atoms. The fourth-order valence-corrected chi connectivity index (χ4v) is 0.687. The van der Waals surface area contributed by atoms with Crippen molar-refractivity contribution in [2.45, 2.75) is 19.8 Å². The minimum absolute atomic E-state index is 0.197. The van der Waals surface area contributed by atoms with Crippen molar-refractivity contribution in [2.24, 2.45) is 5.73 Å². The van der Waals surface area contributed by atoms with E-state index >= 15 is 0 Å². The Hall–Kier alpha value is -1.52. The molecule has 0 aromatic rings. The molecule has 5 heteroatoms. The maximum atomic E-state index is 10.8. The molecular formula is C9H16N2O3. The number of hydrogen-bond acceptors (Lipinski definition) is 3. The summed E-state index contributed by atoms with van der Waals surface area (Å²) in [4.78, 5) is 21.1. The van der Waals surface area contributed by atoms with Crippen LogP contribution in [-0.2, 0) is 9.53 Å². The van der Waals surface area contributed by atoms with Crippen molar-refractivity contribution in [1.82, 2.24) is 5.32 Å². The van der Waals surface area contributed by atoms with Gasteiger partial charge in [0.1, 0.15) is 6.61 Å². The predicted octanol–water partition coefficient (Wildman–Crippen LogP) is 0.554. The molecule has 0 bridgehead atoms. The van der Waals surface area contributed by atoms with Gasteiger partial charge in [0, 0.05) is 0 Å². The first-order valence-corrected chi connectivity index (χ1v) is 4.50. The van der Waals surface area contributed by atoms with Crippen LogP contribution >= 0.6 is 0 Å². The Bertz CT molecular complexity index is 214. The lowest BCUT2D eigenvalue weighted by atomic mass is 10.3. The van der Waals surface area contributed by atoms with E-state index in [1.807, 2.05) is 6.08 Å². The van der Waals surface area contributed by atoms with E-state index in [-0.39, 0.29) is 13.2 Å². The van der Waals surface area contributed by atoms with Crippen LogP contribution in [0.25, 0.3) is 0 Å². The highest BCUT2D eigenvalue weighted by Crippen LogP contribution is 1.88. The van der Waals surface area contributed by atoms with Crippen LogP contribution in [0.4, 0.5) is 4.79 Å². The highest BCUT2D eigenvalue weighted by molar-refractivity contribution is 5.80. The number of unbranched alkanes of at least 4 members (excludes halogenated alkanes) is 1. The van der Waals surface area contributed by atoms with Crippen molar-refractivity contribution < 1.29 is 14.3 Å². The number of hydrogen-bond donors (Lipinski definition) is 2. The molecular weight excluding hydrogens is 184 g/mol. The predicted molar refractivity (Wildman–Crippen MR) is 52.6 cm³/mol. The Morgan fingerprint density at radius 3 is 2.71 bits per heavy atom. The number of carbonyl (C=O) groups is 2. The molecule has 14 heavy (non-hydrogen) atoms. The lowest BCUT2D eigenvalue weighted by Crippen LogP contribution is -2.33. The maximum absolute atomic E-state index is 10.8. The number of alkyl carbamates (subject to hydrolysis) is 1. The van der Waals surface area contributed by atoms with Crippen LogP contribution in [0.5, 0.6) is 0 Å². The van der Waals surface area contributed by atoms with Crippen LogP contribution in [-0.4, -0.2) is 25.2 Å². The molecule has 0 heterocycles. The molecule has 3 N–H and O–H groups in total. The van der Waals surface area contributed by atoms with Crippen LogP contribution < -0.4 is 11.1 Å². The number of nitrogens with two attached hydrogens (primary N) is 1. The molecule has 0 fully saturated rings. The van der Waals surface area contributed by atoms with Gasteiger partial charge in [-0.25, -0.2) is 4.79 Å². The maximum Gasteiger partial charge on any atom is 0.407 e. The molecule has 0 aliphatic carbocycles. The van der Waals surface area contributed by atoms with Crippen molar-refractivity contribution in [3.8, 4) is 0 Å². The summed E-state index contributed by atoms with van der Waals surface area (Å²) in [7, 11) is 0. The van der Waals surface area contributed by atoms with Gasteiger partial charge in [0.15, 0.2) is 0 Å². The van der Waals surface area contributed by atoms with Crippen molar-refractivity contribution in [1.29, 1.82) is 0 Å². The minimum Gasteiger partial charge on any atom is -0.445 e. The number of allylic oxidation sites excluding steroid dienone is 1. The van der Waals surface area contributed by atoms with Gasteiger partial charge in [0.05, 0.1) is 6.54 Å². The van der Waals surface area contributed by atoms with E-state index < -0.39 is 12.0 Å². The van der Waals surface area contributed by atoms with E-state index in [4.69, 9.17) is 10.5 Å². The first kappa shape index (κ1) is 12.5. The Morgan fingerprint density at radius 1 is 1.43 bits per heavy atom. The summed E-state index contributed by atoms with van der Waals surface area (Å²) in [6.07, 6.45) is 5.08. The summed E-state index contributed by atoms with van der Waals surface area (Å²) in [6, 6.07) is 0. The Balaban J connectivity index is 3.40. The monoisotopic (exact) mass is 200 g/mol. The molecule has 80 valence electrons. The first-order chi connectivity index (χ1) is 6.66. The van der Waals surface area contributed by atoms with Gasteiger partial charge in [0.2, 0.25) is 5.91 Å². The number of amides is 2. The van der Waals surface area contributed by atoms with Gasteiger partial charge in [-0.2, -0.15) is 0 Å². The van der Waals surface area contributed by atoms with E-state index in [1.54, 1.807) is 6.08 Å². The van der Waals surface area contributed by atoms with Crippen molar-refractivity contribution in [3.05, 3.63) is 12.2 Å². The summed E-state index contributed by atoms with van der Waals surface area (Å²) in [5.41, 5.74) is 4.81. The third-order valence-electron chi connectivity index (χ3n) is 1.34. The molecule has 0 saturated carbocycles. The highest BCUT2D eigenvalue weighted by atomic mass is 16.5. The zero-order valence-corrected chi connectivity index (χ0v) is 8.29. The highest BCUT2D eigenvalue weighted by Gasteiger charge is 2.00. The standard InChI is InChI=1S/C9H16N2O3/c1-2-3-4-5-6-14-9(13)11-7-8(10)12/h4-5H,2-3,6-7H2,1H3,(H2,10,12)(H,11,13)/b5-4+. The molecule has 0 aliphatic heterocycles. The second-order valence-corrected chi connectivity index (χ2v) is 2.68. The lowest BCUT2D eigenvalue weighted by molar-refractivity contribution is -0.117. The molecule has 2 amide bonds. The third kappa shape index (κ3) is 8.58. The molecule has 0 radical (unpaired) electrons. The van der Waals surface area contributed by atoms with Crippen LogP contribution in [0.2, 0.25) is 0 Å². The number of carbonyl (C=O) groups excluding carboxylic acids is 2. The second-order valence-electron chi connectivity index (χ2n) is 2.68. The van der Waals surface area contributed by atoms with Crippen LogP contribution in [0.1, 0.15) is 19.8 Å². The molecule has 0 atom stereocenters. The van der Waals surface area contributed by atoms with E-state index in [2.05, 4.69) is 12.2 Å². The smallest absolute Gasteiger partial charge is 0.407 e. The van der Waals surface area contributed by atoms with Gasteiger partial charge in [0.25, 0.3) is 0 Å². The summed E-state index contributed by atoms with van der Waals surface area (Å²) in [6.45, 7) is 2.08. The van der Waals surface area contributed by atoms with Gasteiger partial charge < -0.3 is 15.8 Å². The number of rotatable bonds is 6. The Morgan fingerprint density at radius 2 is 2.14 bits per heavy atom. The Labute approximate surface area is 83.3 Å². The van der Waals surface area contributed by atoms with Gasteiger partial charge in [-0.15, -0.1) is 0 Å². The number of primary amides is 1. The average molecular weight is 200 g/mol. The molecule has 0 saturated heterocycles. The zero-order valence-electron chi connectivity index (χ0n) is 8.29. The van der Waals surface area contributed by atoms with Crippen molar-refractivity contribution >= 4 is 12.0 Å². The summed E-state index contributed by atoms with van der Waals surface area (Å²) in [5.74, 6) is -0.594. The van der Waals surface area contributed by atoms with E-state index in [1.165, 1.54) is 0 Å². The fraction of sp³-hybridized carbons (Fsp3) is 0.556. The quantitative estimate of drug-likeness (QED) is 0.614. The summed E-state index contributed by atoms with van der Waals surface area (Å²) >= 11 is 0. The molecule has 5 nitrogen and oxygen atoms in total. The van der Waals surface area contributed by atoms with Crippen LogP contribution in [0.3, 0.4) is 0 Å². The summed E-state index contributed by atoms with van der Waals surface area (Å²) < 4.78 is 4.69. The normalized spacial score (nSPS) is 10.1.